The van der Waals surface area contributed by atoms with Gasteiger partial charge in [-0.3, -0.25) is 9.69 Å². The topological polar surface area (TPSA) is 65.0 Å². The van der Waals surface area contributed by atoms with Gasteiger partial charge in [-0.05, 0) is 40.3 Å². The third-order valence-electron chi connectivity index (χ3n) is 4.47. The first-order valence-corrected chi connectivity index (χ1v) is 7.72. The maximum Gasteiger partial charge on any atom is 0.242 e. The van der Waals surface area contributed by atoms with Crippen LogP contribution in [0.4, 0.5) is 0 Å². The molecule has 1 heterocycles. The largest absolute Gasteiger partial charge is 0.390 e. The summed E-state index contributed by atoms with van der Waals surface area (Å²) in [5.41, 5.74) is -0.638. The molecule has 1 rings (SSSR count). The Morgan fingerprint density at radius 3 is 2.71 bits per heavy atom. The lowest BCUT2D eigenvalue weighted by Crippen LogP contribution is -2.59. The molecule has 2 atom stereocenters. The summed E-state index contributed by atoms with van der Waals surface area (Å²) in [4.78, 5) is 16.5. The molecule has 1 fully saturated rings. The lowest BCUT2D eigenvalue weighted by molar-refractivity contribution is -0.135. The predicted molar refractivity (Wildman–Crippen MR) is 83.3 cm³/mol. The van der Waals surface area contributed by atoms with Crippen LogP contribution in [0.1, 0.15) is 26.7 Å². The number of likely N-dealkylation sites (N-methyl/N-ethyl adjacent to an activating group) is 2. The Morgan fingerprint density at radius 1 is 1.52 bits per heavy atom. The third kappa shape index (κ3) is 4.39. The number of amides is 1. The molecule has 2 unspecified atom stereocenters. The number of hydrogen-bond donors (Lipinski definition) is 2. The molecule has 0 aromatic carbocycles. The van der Waals surface area contributed by atoms with Gasteiger partial charge in [-0.25, -0.2) is 0 Å². The highest BCUT2D eigenvalue weighted by Crippen LogP contribution is 2.30. The normalized spacial score (nSPS) is 24.8. The van der Waals surface area contributed by atoms with Gasteiger partial charge in [-0.1, -0.05) is 0 Å². The third-order valence-corrected chi connectivity index (χ3v) is 4.47. The van der Waals surface area contributed by atoms with Crippen molar-refractivity contribution in [2.45, 2.75) is 44.4 Å². The molecular formula is C15H31N3O3. The first-order chi connectivity index (χ1) is 9.87. The molecule has 0 bridgehead atoms. The Kier molecular flexibility index (Phi) is 7.06. The van der Waals surface area contributed by atoms with E-state index in [-0.39, 0.29) is 5.91 Å². The van der Waals surface area contributed by atoms with Crippen molar-refractivity contribution in [2.24, 2.45) is 0 Å². The molecule has 1 saturated heterocycles. The zero-order valence-corrected chi connectivity index (χ0v) is 14.1. The van der Waals surface area contributed by atoms with E-state index in [4.69, 9.17) is 4.74 Å². The van der Waals surface area contributed by atoms with Crippen molar-refractivity contribution in [3.05, 3.63) is 0 Å². The Morgan fingerprint density at radius 2 is 2.19 bits per heavy atom. The highest BCUT2D eigenvalue weighted by Gasteiger charge is 2.47. The molecule has 0 aromatic heterocycles. The van der Waals surface area contributed by atoms with E-state index in [0.717, 1.165) is 19.4 Å². The van der Waals surface area contributed by atoms with E-state index in [9.17, 15) is 9.90 Å². The zero-order valence-electron chi connectivity index (χ0n) is 14.1. The van der Waals surface area contributed by atoms with Crippen molar-refractivity contribution in [3.63, 3.8) is 0 Å². The van der Waals surface area contributed by atoms with Gasteiger partial charge < -0.3 is 20.1 Å². The summed E-state index contributed by atoms with van der Waals surface area (Å²) in [6.45, 7) is 6.47. The second-order valence-electron chi connectivity index (χ2n) is 6.28. The molecule has 0 saturated carbocycles. The van der Waals surface area contributed by atoms with Crippen LogP contribution in [0.25, 0.3) is 0 Å². The molecular weight excluding hydrogens is 270 g/mol. The first kappa shape index (κ1) is 18.4. The number of nitrogens with zero attached hydrogens (tertiary/aromatic N) is 2. The van der Waals surface area contributed by atoms with Crippen LogP contribution < -0.4 is 5.32 Å². The molecule has 6 nitrogen and oxygen atoms in total. The SMILES string of the molecule is CNC(=O)C1(COC)CCCN1CC(O)CN(C)C(C)C. The Hall–Kier alpha value is -0.690. The summed E-state index contributed by atoms with van der Waals surface area (Å²) in [7, 11) is 5.27. The van der Waals surface area contributed by atoms with Gasteiger partial charge >= 0.3 is 0 Å². The van der Waals surface area contributed by atoms with Crippen LogP contribution >= 0.6 is 0 Å². The number of methoxy groups -OCH3 is 1. The summed E-state index contributed by atoms with van der Waals surface area (Å²) in [6, 6.07) is 0.390. The number of aliphatic hydroxyl groups is 1. The summed E-state index contributed by atoms with van der Waals surface area (Å²) in [5, 5.41) is 13.1. The predicted octanol–water partition coefficient (Wildman–Crippen LogP) is -0.0855. The fourth-order valence-electron chi connectivity index (χ4n) is 3.01. The highest BCUT2D eigenvalue weighted by atomic mass is 16.5. The molecule has 0 spiro atoms. The van der Waals surface area contributed by atoms with Crippen LogP contribution in [-0.4, -0.2) is 85.9 Å². The van der Waals surface area contributed by atoms with Crippen molar-refractivity contribution in [3.8, 4) is 0 Å². The maximum atomic E-state index is 12.3. The zero-order chi connectivity index (χ0) is 16.0. The summed E-state index contributed by atoms with van der Waals surface area (Å²) < 4.78 is 5.29. The lowest BCUT2D eigenvalue weighted by atomic mass is 9.95. The van der Waals surface area contributed by atoms with Gasteiger partial charge in [0, 0.05) is 33.3 Å². The number of β-amino-alcohol motifs (C(OH)–C–C–N with tert-alkyl or cyclic N) is 1. The smallest absolute Gasteiger partial charge is 0.242 e. The van der Waals surface area contributed by atoms with Gasteiger partial charge in [0.15, 0.2) is 0 Å². The summed E-state index contributed by atoms with van der Waals surface area (Å²) in [6.07, 6.45) is 1.24. The van der Waals surface area contributed by atoms with Crippen molar-refractivity contribution >= 4 is 5.91 Å². The fourth-order valence-corrected chi connectivity index (χ4v) is 3.01. The number of aliphatic hydroxyl groups excluding tert-OH is 1. The molecule has 1 aliphatic rings. The van der Waals surface area contributed by atoms with Crippen molar-refractivity contribution in [1.29, 1.82) is 0 Å². The lowest BCUT2D eigenvalue weighted by Gasteiger charge is -2.38. The maximum absolute atomic E-state index is 12.3. The Bertz CT molecular complexity index is 338. The van der Waals surface area contributed by atoms with Crippen LogP contribution in [0.3, 0.4) is 0 Å². The van der Waals surface area contributed by atoms with Crippen LogP contribution in [0.5, 0.6) is 0 Å². The van der Waals surface area contributed by atoms with E-state index in [2.05, 4.69) is 29.0 Å². The standard InChI is InChI=1S/C15H31N3O3/c1-12(2)17(4)9-13(19)10-18-8-6-7-15(18,11-21-5)14(20)16-3/h12-13,19H,6-11H2,1-5H3,(H,16,20). The van der Waals surface area contributed by atoms with E-state index in [1.54, 1.807) is 14.2 Å². The number of carbonyl (C=O) groups is 1. The van der Waals surface area contributed by atoms with E-state index >= 15 is 0 Å². The second kappa shape index (κ2) is 8.08. The fraction of sp³-hybridized carbons (Fsp3) is 0.933. The molecule has 1 amide bonds. The minimum atomic E-state index is -0.638. The molecule has 0 aliphatic carbocycles. The summed E-state index contributed by atoms with van der Waals surface area (Å²) >= 11 is 0. The number of rotatable bonds is 8. The number of ether oxygens (including phenoxy) is 1. The van der Waals surface area contributed by atoms with Crippen LogP contribution in [0.15, 0.2) is 0 Å². The van der Waals surface area contributed by atoms with Gasteiger partial charge in [0.1, 0.15) is 5.54 Å². The van der Waals surface area contributed by atoms with Gasteiger partial charge in [-0.15, -0.1) is 0 Å². The molecule has 124 valence electrons. The Labute approximate surface area is 128 Å². The average Bonchev–Trinajstić information content (AvgIpc) is 2.81. The van der Waals surface area contributed by atoms with Crippen molar-refractivity contribution in [2.75, 3.05) is 47.4 Å². The second-order valence-corrected chi connectivity index (χ2v) is 6.28. The average molecular weight is 301 g/mol. The Balaban J connectivity index is 2.72. The van der Waals surface area contributed by atoms with E-state index < -0.39 is 11.6 Å². The van der Waals surface area contributed by atoms with Crippen molar-refractivity contribution in [1.82, 2.24) is 15.1 Å². The van der Waals surface area contributed by atoms with E-state index in [0.29, 0.717) is 25.7 Å². The number of nitrogens with one attached hydrogen (secondary N) is 1. The quantitative estimate of drug-likeness (QED) is 0.656. The number of likely N-dealkylation sites (tertiary alicyclic amines) is 1. The van der Waals surface area contributed by atoms with Gasteiger partial charge in [0.2, 0.25) is 5.91 Å². The molecule has 6 heteroatoms. The monoisotopic (exact) mass is 301 g/mol. The molecule has 1 aliphatic heterocycles. The first-order valence-electron chi connectivity index (χ1n) is 7.72. The number of hydrogen-bond acceptors (Lipinski definition) is 5. The minimum absolute atomic E-state index is 0.0220. The van der Waals surface area contributed by atoms with Crippen LogP contribution in [0.2, 0.25) is 0 Å². The van der Waals surface area contributed by atoms with Crippen LogP contribution in [0, 0.1) is 0 Å². The van der Waals surface area contributed by atoms with Crippen LogP contribution in [-0.2, 0) is 9.53 Å². The van der Waals surface area contributed by atoms with Gasteiger partial charge in [-0.2, -0.15) is 0 Å². The van der Waals surface area contributed by atoms with Gasteiger partial charge in [0.05, 0.1) is 12.7 Å². The summed E-state index contributed by atoms with van der Waals surface area (Å²) in [5.74, 6) is -0.0220. The molecule has 0 radical (unpaired) electrons. The molecule has 0 aromatic rings. The van der Waals surface area contributed by atoms with E-state index in [1.807, 2.05) is 7.05 Å². The molecule has 2 N–H and O–H groups in total. The van der Waals surface area contributed by atoms with E-state index in [1.165, 1.54) is 0 Å². The number of carbonyl (C=O) groups excluding carboxylic acids is 1. The minimum Gasteiger partial charge on any atom is -0.390 e. The highest BCUT2D eigenvalue weighted by molar-refractivity contribution is 5.86. The molecule has 21 heavy (non-hydrogen) atoms. The van der Waals surface area contributed by atoms with Gasteiger partial charge in [0.25, 0.3) is 0 Å². The van der Waals surface area contributed by atoms with Crippen molar-refractivity contribution < 1.29 is 14.6 Å².